The fourth-order valence-electron chi connectivity index (χ4n) is 0.0962. The topological polar surface area (TPSA) is 18.5 Å². The van der Waals surface area contributed by atoms with Gasteiger partial charge >= 0.3 is 46.2 Å². The average molecular weight is 128 g/mol. The third-order valence-corrected chi connectivity index (χ3v) is 1.33. The Hall–Kier alpha value is 1.45. The smallest absolute Gasteiger partial charge is 1.00 e. The van der Waals surface area contributed by atoms with E-state index in [0.29, 0.717) is 0 Å². The second kappa shape index (κ2) is 7.45. The molecule has 7 heavy (non-hydrogen) atoms. The molecule has 0 heterocycles. The van der Waals surface area contributed by atoms with Gasteiger partial charge in [0.2, 0.25) is 0 Å². The third kappa shape index (κ3) is 7.45. The average Bonchev–Trinajstić information content (AvgIpc) is 1.65. The second-order valence-electron chi connectivity index (χ2n) is 1.04. The fraction of sp³-hybridized carbons (Fsp3) is 1.00. The van der Waals surface area contributed by atoms with Crippen LogP contribution < -0.4 is 29.6 Å². The Bertz CT molecular complexity index is 36.5. The normalized spacial score (nSPS) is 12.3. The Morgan fingerprint density at radius 1 is 1.71 bits per heavy atom. The molecule has 0 N–H and O–H groups in total. The first kappa shape index (κ1) is 11.3. The molecule has 1 atom stereocenters. The molecule has 0 bridgehead atoms. The van der Waals surface area contributed by atoms with Crippen molar-refractivity contribution in [2.75, 3.05) is 7.11 Å². The van der Waals surface area contributed by atoms with E-state index in [-0.39, 0.29) is 37.3 Å². The van der Waals surface area contributed by atoms with Crippen LogP contribution in [0.1, 0.15) is 8.35 Å². The monoisotopic (exact) mass is 128 g/mol. The van der Waals surface area contributed by atoms with Gasteiger partial charge in [0.25, 0.3) is 0 Å². The molecule has 0 saturated heterocycles. The van der Waals surface area contributed by atoms with Gasteiger partial charge < -0.3 is 9.95 Å². The molecule has 0 saturated carbocycles. The number of hydrogen-bond acceptors (Lipinski definition) is 2. The van der Waals surface area contributed by atoms with Crippen molar-refractivity contribution >= 4 is 16.6 Å². The maximum atomic E-state index is 4.82. The summed E-state index contributed by atoms with van der Waals surface area (Å²) in [5.41, 5.74) is 0. The van der Waals surface area contributed by atoms with Gasteiger partial charge in [-0.15, -0.1) is 0 Å². The summed E-state index contributed by atoms with van der Waals surface area (Å²) in [5, 5.41) is 0. The molecular weight excluding hydrogens is 118 g/mol. The molecule has 38 valence electrons. The van der Waals surface area contributed by atoms with Crippen molar-refractivity contribution in [2.24, 2.45) is 0 Å². The van der Waals surface area contributed by atoms with Crippen molar-refractivity contribution in [3.63, 3.8) is 0 Å². The molecule has 0 fully saturated rings. The largest absolute Gasteiger partial charge is 1.00 e. The minimum atomic E-state index is -0.00309. The first-order chi connectivity index (χ1) is 2.81. The number of rotatable bonds is 2. The summed E-state index contributed by atoms with van der Waals surface area (Å²) in [6.07, 6.45) is -0.00309. The van der Waals surface area contributed by atoms with Gasteiger partial charge in [-0.3, -0.25) is 0 Å². The van der Waals surface area contributed by atoms with Gasteiger partial charge in [-0.05, 0) is 6.92 Å². The molecule has 0 radical (unpaired) electrons. The van der Waals surface area contributed by atoms with Crippen LogP contribution in [-0.2, 0) is 8.53 Å². The maximum absolute atomic E-state index is 4.82. The third-order valence-electron chi connectivity index (χ3n) is 0.664. The number of hydrogen-bond donors (Lipinski definition) is 0. The quantitative estimate of drug-likeness (QED) is 0.286. The minimum absolute atomic E-state index is 0. The molecular formula is C3H10AlNaO2. The van der Waals surface area contributed by atoms with E-state index in [1.54, 1.807) is 7.11 Å². The summed E-state index contributed by atoms with van der Waals surface area (Å²) >= 11 is 0.757. The predicted octanol–water partition coefficient (Wildman–Crippen LogP) is -3.34. The van der Waals surface area contributed by atoms with Crippen molar-refractivity contribution in [3.05, 3.63) is 0 Å². The summed E-state index contributed by atoms with van der Waals surface area (Å²) in [6, 6.07) is 0. The van der Waals surface area contributed by atoms with E-state index >= 15 is 0 Å². The summed E-state index contributed by atoms with van der Waals surface area (Å²) in [4.78, 5) is 0. The van der Waals surface area contributed by atoms with Gasteiger partial charge in [0.1, 0.15) is 6.29 Å². The summed E-state index contributed by atoms with van der Waals surface area (Å²) < 4.78 is 9.53. The van der Waals surface area contributed by atoms with Crippen LogP contribution in [0.25, 0.3) is 0 Å². The van der Waals surface area contributed by atoms with Crippen LogP contribution in [0.2, 0.25) is 0 Å². The van der Waals surface area contributed by atoms with E-state index in [1.807, 2.05) is 6.92 Å². The van der Waals surface area contributed by atoms with Crippen molar-refractivity contribution in [1.29, 1.82) is 0 Å². The van der Waals surface area contributed by atoms with Crippen molar-refractivity contribution in [3.8, 4) is 0 Å². The van der Waals surface area contributed by atoms with Crippen LogP contribution in [-0.4, -0.2) is 30.0 Å². The van der Waals surface area contributed by atoms with Gasteiger partial charge in [-0.25, -0.2) is 0 Å². The van der Waals surface area contributed by atoms with E-state index < -0.39 is 0 Å². The molecule has 0 aromatic rings. The van der Waals surface area contributed by atoms with Crippen LogP contribution in [0.4, 0.5) is 0 Å². The fourth-order valence-corrected chi connectivity index (χ4v) is 0.289. The molecule has 0 aromatic carbocycles. The van der Waals surface area contributed by atoms with Gasteiger partial charge in [0.05, 0.1) is 0 Å². The molecule has 1 unspecified atom stereocenters. The first-order valence-corrected chi connectivity index (χ1v) is 2.68. The number of ether oxygens (including phenoxy) is 1. The molecule has 0 aliphatic carbocycles. The van der Waals surface area contributed by atoms with E-state index in [4.69, 9.17) is 8.53 Å². The van der Waals surface area contributed by atoms with Gasteiger partial charge in [-0.2, -0.15) is 0 Å². The maximum Gasteiger partial charge on any atom is 1.00 e. The van der Waals surface area contributed by atoms with Crippen LogP contribution in [0.3, 0.4) is 0 Å². The molecule has 0 aromatic heterocycles. The van der Waals surface area contributed by atoms with Crippen LogP contribution >= 0.6 is 0 Å². The zero-order valence-electron chi connectivity index (χ0n) is 6.39. The summed E-state index contributed by atoms with van der Waals surface area (Å²) in [7, 11) is 1.63. The molecule has 0 aliphatic heterocycles. The second-order valence-corrected chi connectivity index (χ2v) is 1.51. The van der Waals surface area contributed by atoms with E-state index in [9.17, 15) is 0 Å². The standard InChI is InChI=1S/C3H7O2.Al.Na.3H/c1-3(4)5-2;;;;;/h3H,1-2H3;;;;;/q-1;2*+1;;;-1. The van der Waals surface area contributed by atoms with Gasteiger partial charge in [-0.1, -0.05) is 0 Å². The Balaban J connectivity index is -0.000000125. The molecule has 0 aliphatic rings. The summed E-state index contributed by atoms with van der Waals surface area (Å²) in [5.74, 6) is 0. The van der Waals surface area contributed by atoms with E-state index in [1.165, 1.54) is 0 Å². The zero-order chi connectivity index (χ0) is 4.99. The van der Waals surface area contributed by atoms with Crippen LogP contribution in [0, 0.1) is 0 Å². The predicted molar refractivity (Wildman–Crippen MR) is 27.2 cm³/mol. The molecule has 0 rings (SSSR count). The van der Waals surface area contributed by atoms with E-state index in [2.05, 4.69) is 0 Å². The molecule has 0 spiro atoms. The SMILES string of the molecule is COC(C)[O][AlH2].[H-].[Na+]. The first-order valence-electron chi connectivity index (χ1n) is 1.87. The summed E-state index contributed by atoms with van der Waals surface area (Å²) in [6.45, 7) is 1.87. The Labute approximate surface area is 76.1 Å². The number of methoxy groups -OCH3 is 1. The molecule has 4 heteroatoms. The van der Waals surface area contributed by atoms with Crippen molar-refractivity contribution in [1.82, 2.24) is 0 Å². The van der Waals surface area contributed by atoms with Gasteiger partial charge in [0, 0.05) is 7.11 Å². The van der Waals surface area contributed by atoms with Gasteiger partial charge in [0.15, 0.2) is 0 Å². The molecule has 2 nitrogen and oxygen atoms in total. The van der Waals surface area contributed by atoms with Crippen LogP contribution in [0.15, 0.2) is 0 Å². The van der Waals surface area contributed by atoms with E-state index in [0.717, 1.165) is 16.6 Å². The Kier molecular flexibility index (Phi) is 12.0. The van der Waals surface area contributed by atoms with Crippen molar-refractivity contribution in [2.45, 2.75) is 13.2 Å². The zero-order valence-corrected chi connectivity index (χ0v) is 9.39. The Morgan fingerprint density at radius 2 is 2.14 bits per heavy atom. The van der Waals surface area contributed by atoms with Crippen molar-refractivity contribution < 1.29 is 39.5 Å². The minimum Gasteiger partial charge on any atom is -1.00 e. The Morgan fingerprint density at radius 3 is 2.14 bits per heavy atom. The molecule has 0 amide bonds. The van der Waals surface area contributed by atoms with Crippen LogP contribution in [0.5, 0.6) is 0 Å².